The van der Waals surface area contributed by atoms with Crippen molar-refractivity contribution in [3.63, 3.8) is 0 Å². The fourth-order valence-electron chi connectivity index (χ4n) is 4.51. The van der Waals surface area contributed by atoms with Crippen molar-refractivity contribution >= 4 is 11.8 Å². The molecule has 0 aliphatic carbocycles. The maximum Gasteiger partial charge on any atom is 0.274 e. The zero-order valence-corrected chi connectivity index (χ0v) is 18.5. The Morgan fingerprint density at radius 3 is 2.72 bits per heavy atom. The Bertz CT molecular complexity index is 1120. The van der Waals surface area contributed by atoms with E-state index < -0.39 is 5.41 Å². The van der Waals surface area contributed by atoms with Gasteiger partial charge in [0, 0.05) is 32.0 Å². The fourth-order valence-corrected chi connectivity index (χ4v) is 4.51. The van der Waals surface area contributed by atoms with Crippen LogP contribution < -0.4 is 5.32 Å². The quantitative estimate of drug-likeness (QED) is 0.650. The minimum absolute atomic E-state index is 0.00603. The third-order valence-electron chi connectivity index (χ3n) is 6.12. The third kappa shape index (κ3) is 4.40. The van der Waals surface area contributed by atoms with Crippen LogP contribution in [-0.4, -0.2) is 46.3 Å². The molecular weight excluding hydrogens is 400 g/mol. The molecule has 1 aliphatic heterocycles. The molecule has 2 heterocycles. The van der Waals surface area contributed by atoms with Gasteiger partial charge in [-0.2, -0.15) is 0 Å². The standard InChI is InChI=1S/C26H28N4O2/c1-3-28-25(32)26(11-14-30(18-26)24(31)23-17-27-12-13-29-23)16-21-8-4-5-10-22(21)20-9-6-7-19(2)15-20/h4-10,12-13,15,17H,3,11,14,16,18H2,1-2H3,(H,28,32)/t26-/m1/s1. The van der Waals surface area contributed by atoms with Gasteiger partial charge < -0.3 is 10.2 Å². The second-order valence-electron chi connectivity index (χ2n) is 8.41. The van der Waals surface area contributed by atoms with Crippen LogP contribution in [-0.2, 0) is 11.2 Å². The van der Waals surface area contributed by atoms with Crippen molar-refractivity contribution in [2.24, 2.45) is 5.41 Å². The molecule has 2 aromatic carbocycles. The number of benzene rings is 2. The molecule has 1 saturated heterocycles. The van der Waals surface area contributed by atoms with Gasteiger partial charge in [0.15, 0.2) is 0 Å². The predicted octanol–water partition coefficient (Wildman–Crippen LogP) is 3.66. The molecule has 0 radical (unpaired) electrons. The van der Waals surface area contributed by atoms with Gasteiger partial charge in [-0.15, -0.1) is 0 Å². The second kappa shape index (κ2) is 9.30. The van der Waals surface area contributed by atoms with Crippen molar-refractivity contribution in [1.29, 1.82) is 0 Å². The molecular formula is C26H28N4O2. The van der Waals surface area contributed by atoms with Crippen LogP contribution in [0.4, 0.5) is 0 Å². The number of amides is 2. The molecule has 6 heteroatoms. The van der Waals surface area contributed by atoms with E-state index in [1.807, 2.05) is 19.1 Å². The van der Waals surface area contributed by atoms with Crippen LogP contribution >= 0.6 is 0 Å². The monoisotopic (exact) mass is 428 g/mol. The average Bonchev–Trinajstić information content (AvgIpc) is 3.25. The predicted molar refractivity (Wildman–Crippen MR) is 124 cm³/mol. The van der Waals surface area contributed by atoms with Gasteiger partial charge in [0.2, 0.25) is 5.91 Å². The number of aryl methyl sites for hydroxylation is 1. The number of nitrogens with one attached hydrogen (secondary N) is 1. The van der Waals surface area contributed by atoms with Crippen LogP contribution in [0.3, 0.4) is 0 Å². The van der Waals surface area contributed by atoms with Gasteiger partial charge in [0.1, 0.15) is 5.69 Å². The Morgan fingerprint density at radius 1 is 1.12 bits per heavy atom. The zero-order chi connectivity index (χ0) is 22.6. The van der Waals surface area contributed by atoms with Crippen LogP contribution in [0.5, 0.6) is 0 Å². The molecule has 1 atom stereocenters. The molecule has 164 valence electrons. The van der Waals surface area contributed by atoms with E-state index in [-0.39, 0.29) is 11.8 Å². The lowest BCUT2D eigenvalue weighted by atomic mass is 9.78. The first-order chi connectivity index (χ1) is 15.5. The lowest BCUT2D eigenvalue weighted by Crippen LogP contribution is -2.45. The summed E-state index contributed by atoms with van der Waals surface area (Å²) in [6, 6.07) is 16.6. The Labute approximate surface area is 188 Å². The molecule has 1 N–H and O–H groups in total. The maximum absolute atomic E-state index is 13.3. The van der Waals surface area contributed by atoms with Crippen molar-refractivity contribution < 1.29 is 9.59 Å². The van der Waals surface area contributed by atoms with E-state index in [0.29, 0.717) is 38.2 Å². The Kier molecular flexibility index (Phi) is 6.30. The normalized spacial score (nSPS) is 17.9. The molecule has 4 rings (SSSR count). The molecule has 0 spiro atoms. The summed E-state index contributed by atoms with van der Waals surface area (Å²) in [6.45, 7) is 5.42. The summed E-state index contributed by atoms with van der Waals surface area (Å²) < 4.78 is 0. The number of rotatable bonds is 6. The van der Waals surface area contributed by atoms with Gasteiger partial charge in [0.05, 0.1) is 11.6 Å². The summed E-state index contributed by atoms with van der Waals surface area (Å²) >= 11 is 0. The van der Waals surface area contributed by atoms with Crippen molar-refractivity contribution in [1.82, 2.24) is 20.2 Å². The van der Waals surface area contributed by atoms with Gasteiger partial charge in [-0.3, -0.25) is 14.6 Å². The molecule has 0 saturated carbocycles. The van der Waals surface area contributed by atoms with Crippen molar-refractivity contribution in [3.05, 3.63) is 83.9 Å². The summed E-state index contributed by atoms with van der Waals surface area (Å²) in [7, 11) is 0. The van der Waals surface area contributed by atoms with Crippen molar-refractivity contribution in [2.45, 2.75) is 26.7 Å². The largest absolute Gasteiger partial charge is 0.356 e. The van der Waals surface area contributed by atoms with Crippen molar-refractivity contribution in [3.8, 4) is 11.1 Å². The molecule has 0 bridgehead atoms. The lowest BCUT2D eigenvalue weighted by Gasteiger charge is -2.29. The Balaban J connectivity index is 1.66. The van der Waals surface area contributed by atoms with Crippen LogP contribution in [0.25, 0.3) is 11.1 Å². The summed E-state index contributed by atoms with van der Waals surface area (Å²) in [6.07, 6.45) is 5.70. The molecule has 0 unspecified atom stereocenters. The highest BCUT2D eigenvalue weighted by Crippen LogP contribution is 2.38. The highest BCUT2D eigenvalue weighted by atomic mass is 16.2. The van der Waals surface area contributed by atoms with E-state index in [2.05, 4.69) is 58.6 Å². The Morgan fingerprint density at radius 2 is 1.97 bits per heavy atom. The van der Waals surface area contributed by atoms with Crippen molar-refractivity contribution in [2.75, 3.05) is 19.6 Å². The molecule has 1 fully saturated rings. The summed E-state index contributed by atoms with van der Waals surface area (Å²) in [5, 5.41) is 3.01. The topological polar surface area (TPSA) is 75.2 Å². The number of nitrogens with zero attached hydrogens (tertiary/aromatic N) is 3. The number of hydrogen-bond donors (Lipinski definition) is 1. The van der Waals surface area contributed by atoms with E-state index >= 15 is 0 Å². The third-order valence-corrected chi connectivity index (χ3v) is 6.12. The van der Waals surface area contributed by atoms with E-state index in [1.54, 1.807) is 11.1 Å². The van der Waals surface area contributed by atoms with E-state index in [1.165, 1.54) is 18.0 Å². The Hall–Kier alpha value is -3.54. The highest BCUT2D eigenvalue weighted by molar-refractivity contribution is 5.93. The van der Waals surface area contributed by atoms with Gasteiger partial charge in [-0.05, 0) is 43.4 Å². The molecule has 32 heavy (non-hydrogen) atoms. The number of hydrogen-bond acceptors (Lipinski definition) is 4. The van der Waals surface area contributed by atoms with Gasteiger partial charge in [-0.25, -0.2) is 4.98 Å². The molecule has 1 aromatic heterocycles. The minimum atomic E-state index is -0.687. The summed E-state index contributed by atoms with van der Waals surface area (Å²) in [5.41, 5.74) is 4.18. The lowest BCUT2D eigenvalue weighted by molar-refractivity contribution is -0.130. The average molecular weight is 429 g/mol. The molecule has 2 amide bonds. The first-order valence-electron chi connectivity index (χ1n) is 11.0. The molecule has 1 aliphatic rings. The fraction of sp³-hybridized carbons (Fsp3) is 0.308. The van der Waals surface area contributed by atoms with E-state index in [9.17, 15) is 9.59 Å². The smallest absolute Gasteiger partial charge is 0.274 e. The number of aromatic nitrogens is 2. The number of carbonyl (C=O) groups is 2. The first-order valence-corrected chi connectivity index (χ1v) is 11.0. The second-order valence-corrected chi connectivity index (χ2v) is 8.41. The molecule has 6 nitrogen and oxygen atoms in total. The van der Waals surface area contributed by atoms with Gasteiger partial charge >= 0.3 is 0 Å². The summed E-state index contributed by atoms with van der Waals surface area (Å²) in [4.78, 5) is 36.2. The van der Waals surface area contributed by atoms with Crippen LogP contribution in [0.1, 0.15) is 35.0 Å². The van der Waals surface area contributed by atoms with Gasteiger partial charge in [-0.1, -0.05) is 54.1 Å². The van der Waals surface area contributed by atoms with E-state index in [0.717, 1.165) is 16.7 Å². The van der Waals surface area contributed by atoms with Crippen LogP contribution in [0.15, 0.2) is 67.1 Å². The highest BCUT2D eigenvalue weighted by Gasteiger charge is 2.46. The first kappa shape index (κ1) is 21.7. The number of likely N-dealkylation sites (tertiary alicyclic amines) is 1. The summed E-state index contributed by atoms with van der Waals surface area (Å²) in [5.74, 6) is -0.190. The van der Waals surface area contributed by atoms with Gasteiger partial charge in [0.25, 0.3) is 5.91 Å². The van der Waals surface area contributed by atoms with Crippen LogP contribution in [0, 0.1) is 12.3 Å². The SMILES string of the molecule is CCNC(=O)[C@@]1(Cc2ccccc2-c2cccc(C)c2)CCN(C(=O)c2cnccn2)C1. The minimum Gasteiger partial charge on any atom is -0.356 e. The van der Waals surface area contributed by atoms with E-state index in [4.69, 9.17) is 0 Å². The zero-order valence-electron chi connectivity index (χ0n) is 18.5. The maximum atomic E-state index is 13.3. The van der Waals surface area contributed by atoms with Crippen LogP contribution in [0.2, 0.25) is 0 Å². The molecule has 3 aromatic rings. The number of carbonyl (C=O) groups excluding carboxylic acids is 2.